The van der Waals surface area contributed by atoms with Crippen molar-refractivity contribution in [2.24, 2.45) is 11.7 Å². The molecule has 0 saturated heterocycles. The largest absolute Gasteiger partial charge is 0.324 e. The highest BCUT2D eigenvalue weighted by Crippen LogP contribution is 2.14. The van der Waals surface area contributed by atoms with Crippen molar-refractivity contribution in [1.82, 2.24) is 14.8 Å². The lowest BCUT2D eigenvalue weighted by Crippen LogP contribution is -2.15. The van der Waals surface area contributed by atoms with Gasteiger partial charge in [-0.25, -0.2) is 4.39 Å². The first-order valence-electron chi connectivity index (χ1n) is 6.46. The van der Waals surface area contributed by atoms with Gasteiger partial charge in [-0.2, -0.15) is 0 Å². The summed E-state index contributed by atoms with van der Waals surface area (Å²) >= 11 is 0. The lowest BCUT2D eigenvalue weighted by Gasteiger charge is -2.12. The molecule has 0 saturated carbocycles. The third-order valence-electron chi connectivity index (χ3n) is 2.94. The number of nitrogens with zero attached hydrogens (tertiary/aromatic N) is 3. The smallest absolute Gasteiger partial charge is 0.146 e. The van der Waals surface area contributed by atoms with E-state index in [0.29, 0.717) is 24.4 Å². The highest BCUT2D eigenvalue weighted by atomic mass is 19.1. The second-order valence-corrected chi connectivity index (χ2v) is 5.01. The molecule has 0 bridgehead atoms. The second-order valence-electron chi connectivity index (χ2n) is 5.01. The Bertz CT molecular complexity index is 548. The Kier molecular flexibility index (Phi) is 4.27. The zero-order valence-corrected chi connectivity index (χ0v) is 11.3. The van der Waals surface area contributed by atoms with Crippen LogP contribution in [0.5, 0.6) is 0 Å². The van der Waals surface area contributed by atoms with Gasteiger partial charge in [-0.05, 0) is 17.5 Å². The summed E-state index contributed by atoms with van der Waals surface area (Å²) in [6.45, 7) is 5.38. The highest BCUT2D eigenvalue weighted by molar-refractivity contribution is 5.21. The molecule has 5 heteroatoms. The maximum absolute atomic E-state index is 13.7. The molecule has 2 rings (SSSR count). The summed E-state index contributed by atoms with van der Waals surface area (Å²) in [5, 5.41) is 8.22. The van der Waals surface area contributed by atoms with Crippen LogP contribution in [0, 0.1) is 11.7 Å². The van der Waals surface area contributed by atoms with Crippen LogP contribution >= 0.6 is 0 Å². The molecule has 0 aliphatic heterocycles. The van der Waals surface area contributed by atoms with Crippen LogP contribution in [0.3, 0.4) is 0 Å². The molecule has 19 heavy (non-hydrogen) atoms. The maximum Gasteiger partial charge on any atom is 0.146 e. The topological polar surface area (TPSA) is 56.7 Å². The first kappa shape index (κ1) is 13.7. The van der Waals surface area contributed by atoms with Gasteiger partial charge in [0.15, 0.2) is 0 Å². The van der Waals surface area contributed by atoms with Crippen LogP contribution in [-0.2, 0) is 19.5 Å². The lowest BCUT2D eigenvalue weighted by atomic mass is 10.1. The predicted molar refractivity (Wildman–Crippen MR) is 72.0 cm³/mol. The standard InChI is InChI=1S/C14H19FN4/c1-10(2)9-19-13(17-18-14(19)8-16)7-11-5-3-4-6-12(11)15/h3-6,10H,7-9,16H2,1-2H3. The normalized spacial score (nSPS) is 11.2. The average molecular weight is 262 g/mol. The minimum atomic E-state index is -0.212. The summed E-state index contributed by atoms with van der Waals surface area (Å²) in [6.07, 6.45) is 0.437. The molecule has 2 aromatic rings. The number of benzene rings is 1. The van der Waals surface area contributed by atoms with Crippen LogP contribution in [-0.4, -0.2) is 14.8 Å². The number of hydrogen-bond acceptors (Lipinski definition) is 3. The number of nitrogens with two attached hydrogens (primary N) is 1. The summed E-state index contributed by atoms with van der Waals surface area (Å²) in [4.78, 5) is 0. The third-order valence-corrected chi connectivity index (χ3v) is 2.94. The molecular formula is C14H19FN4. The molecule has 0 spiro atoms. The predicted octanol–water partition coefficient (Wildman–Crippen LogP) is 2.12. The van der Waals surface area contributed by atoms with Crippen molar-refractivity contribution in [1.29, 1.82) is 0 Å². The molecule has 0 radical (unpaired) electrons. The number of hydrogen-bond donors (Lipinski definition) is 1. The van der Waals surface area contributed by atoms with Gasteiger partial charge in [0.2, 0.25) is 0 Å². The summed E-state index contributed by atoms with van der Waals surface area (Å²) in [5.74, 6) is 1.76. The van der Waals surface area contributed by atoms with Crippen molar-refractivity contribution in [3.05, 3.63) is 47.3 Å². The molecule has 0 unspecified atom stereocenters. The first-order chi connectivity index (χ1) is 9.11. The number of halogens is 1. The maximum atomic E-state index is 13.7. The van der Waals surface area contributed by atoms with Crippen LogP contribution in [0.2, 0.25) is 0 Å². The van der Waals surface area contributed by atoms with E-state index in [-0.39, 0.29) is 5.82 Å². The summed E-state index contributed by atoms with van der Waals surface area (Å²) in [7, 11) is 0. The van der Waals surface area contributed by atoms with Crippen molar-refractivity contribution in [2.45, 2.75) is 33.4 Å². The van der Waals surface area contributed by atoms with Crippen molar-refractivity contribution < 1.29 is 4.39 Å². The Morgan fingerprint density at radius 1 is 1.21 bits per heavy atom. The molecule has 0 atom stereocenters. The van der Waals surface area contributed by atoms with Gasteiger partial charge >= 0.3 is 0 Å². The fraction of sp³-hybridized carbons (Fsp3) is 0.429. The SMILES string of the molecule is CC(C)Cn1c(CN)nnc1Cc1ccccc1F. The monoisotopic (exact) mass is 262 g/mol. The van der Waals surface area contributed by atoms with E-state index in [1.807, 2.05) is 10.6 Å². The third kappa shape index (κ3) is 3.17. The van der Waals surface area contributed by atoms with Crippen molar-refractivity contribution in [2.75, 3.05) is 0 Å². The van der Waals surface area contributed by atoms with Gasteiger partial charge in [0.25, 0.3) is 0 Å². The first-order valence-corrected chi connectivity index (χ1v) is 6.46. The molecule has 4 nitrogen and oxygen atoms in total. The molecule has 0 amide bonds. The van der Waals surface area contributed by atoms with E-state index >= 15 is 0 Å². The molecule has 102 valence electrons. The molecule has 0 fully saturated rings. The highest BCUT2D eigenvalue weighted by Gasteiger charge is 2.14. The van der Waals surface area contributed by atoms with Crippen molar-refractivity contribution in [3.63, 3.8) is 0 Å². The van der Waals surface area contributed by atoms with Gasteiger partial charge in [0.05, 0.1) is 6.54 Å². The van der Waals surface area contributed by atoms with Crippen molar-refractivity contribution >= 4 is 0 Å². The Labute approximate surface area is 112 Å². The van der Waals surface area contributed by atoms with E-state index in [9.17, 15) is 4.39 Å². The van der Waals surface area contributed by atoms with Crippen LogP contribution in [0.15, 0.2) is 24.3 Å². The van der Waals surface area contributed by atoms with E-state index in [0.717, 1.165) is 18.2 Å². The van der Waals surface area contributed by atoms with Gasteiger partial charge in [0, 0.05) is 13.0 Å². The van der Waals surface area contributed by atoms with E-state index in [1.165, 1.54) is 6.07 Å². The van der Waals surface area contributed by atoms with E-state index in [2.05, 4.69) is 24.0 Å². The summed E-state index contributed by atoms with van der Waals surface area (Å²) < 4.78 is 15.7. The van der Waals surface area contributed by atoms with Gasteiger partial charge in [-0.1, -0.05) is 32.0 Å². The molecular weight excluding hydrogens is 243 g/mol. The Balaban J connectivity index is 2.30. The van der Waals surface area contributed by atoms with Crippen LogP contribution in [0.25, 0.3) is 0 Å². The number of aromatic nitrogens is 3. The molecule has 1 heterocycles. The summed E-state index contributed by atoms with van der Waals surface area (Å²) in [5.41, 5.74) is 6.29. The zero-order valence-electron chi connectivity index (χ0n) is 11.3. The van der Waals surface area contributed by atoms with Crippen LogP contribution < -0.4 is 5.73 Å². The van der Waals surface area contributed by atoms with Gasteiger partial charge in [0.1, 0.15) is 17.5 Å². The molecule has 1 aromatic carbocycles. The summed E-state index contributed by atoms with van der Waals surface area (Å²) in [6, 6.07) is 6.74. The van der Waals surface area contributed by atoms with Gasteiger partial charge in [-0.3, -0.25) is 0 Å². The number of rotatable bonds is 5. The Morgan fingerprint density at radius 3 is 2.53 bits per heavy atom. The van der Waals surface area contributed by atoms with E-state index < -0.39 is 0 Å². The minimum Gasteiger partial charge on any atom is -0.324 e. The van der Waals surface area contributed by atoms with Gasteiger partial charge in [-0.15, -0.1) is 10.2 Å². The minimum absolute atomic E-state index is 0.212. The fourth-order valence-corrected chi connectivity index (χ4v) is 2.04. The van der Waals surface area contributed by atoms with Crippen molar-refractivity contribution in [3.8, 4) is 0 Å². The molecule has 0 aliphatic rings. The second kappa shape index (κ2) is 5.93. The van der Waals surface area contributed by atoms with Gasteiger partial charge < -0.3 is 10.3 Å². The molecule has 0 aliphatic carbocycles. The van der Waals surface area contributed by atoms with Crippen LogP contribution in [0.4, 0.5) is 4.39 Å². The Hall–Kier alpha value is -1.75. The van der Waals surface area contributed by atoms with E-state index in [4.69, 9.17) is 5.73 Å². The Morgan fingerprint density at radius 2 is 1.89 bits per heavy atom. The quantitative estimate of drug-likeness (QED) is 0.898. The van der Waals surface area contributed by atoms with Crippen LogP contribution in [0.1, 0.15) is 31.1 Å². The van der Waals surface area contributed by atoms with E-state index in [1.54, 1.807) is 12.1 Å². The fourth-order valence-electron chi connectivity index (χ4n) is 2.04. The molecule has 1 aromatic heterocycles. The zero-order chi connectivity index (χ0) is 13.8. The average Bonchev–Trinajstić information content (AvgIpc) is 2.74. The lowest BCUT2D eigenvalue weighted by molar-refractivity contribution is 0.493. The molecule has 2 N–H and O–H groups in total.